The van der Waals surface area contributed by atoms with Crippen molar-refractivity contribution in [2.75, 3.05) is 22.6 Å². The fraction of sp³-hybridized carbons (Fsp3) is 0.342. The summed E-state index contributed by atoms with van der Waals surface area (Å²) in [6, 6.07) is 24.4. The van der Waals surface area contributed by atoms with Crippen LogP contribution in [0.3, 0.4) is 0 Å². The molecule has 3 aromatic carbocycles. The van der Waals surface area contributed by atoms with Gasteiger partial charge in [-0.2, -0.15) is 0 Å². The summed E-state index contributed by atoms with van der Waals surface area (Å²) in [6.07, 6.45) is 6.05. The Morgan fingerprint density at radius 3 is 1.96 bits per heavy atom. The lowest BCUT2D eigenvalue weighted by Gasteiger charge is -2.21. The van der Waals surface area contributed by atoms with E-state index in [1.54, 1.807) is 19.1 Å². The van der Waals surface area contributed by atoms with Crippen molar-refractivity contribution in [3.8, 4) is 0 Å². The van der Waals surface area contributed by atoms with Gasteiger partial charge in [0.25, 0.3) is 5.91 Å². The standard InChI is InChI=1S/C15H20N4O.C14H13NO.C5H12.C4H10/c1-5-18-15(11(2)12(3)16)19(10-20)14-8-6-7-13(9-14)17-4;1-11-7-9-13(10-8-11)15-14(16)12-5-3-2-4-6-12;1-4-5(2)3;1-3-4-2/h5-10,17H,1,16H2,2-4H3;2-10H,1H3,(H,15,16);5H,4H2,1-3H3;3-4H2,1-2H3/b12-11+,18-15?;;;. The molecule has 0 fully saturated rings. The number of unbranched alkanes of at least 4 members (excludes halogenated alkanes) is 1. The van der Waals surface area contributed by atoms with Crippen LogP contribution in [0.5, 0.6) is 0 Å². The Kier molecular flexibility index (Phi) is 21.3. The van der Waals surface area contributed by atoms with E-state index in [0.717, 1.165) is 22.9 Å². The molecular formula is C38H55N5O2. The van der Waals surface area contributed by atoms with Gasteiger partial charge < -0.3 is 16.4 Å². The van der Waals surface area contributed by atoms with Crippen molar-refractivity contribution in [1.29, 1.82) is 0 Å². The van der Waals surface area contributed by atoms with E-state index < -0.39 is 0 Å². The third kappa shape index (κ3) is 16.7. The van der Waals surface area contributed by atoms with Crippen molar-refractivity contribution < 1.29 is 9.59 Å². The zero-order valence-electron chi connectivity index (χ0n) is 28.9. The maximum Gasteiger partial charge on any atom is 0.255 e. The predicted molar refractivity (Wildman–Crippen MR) is 196 cm³/mol. The lowest BCUT2D eigenvalue weighted by molar-refractivity contribution is -0.106. The summed E-state index contributed by atoms with van der Waals surface area (Å²) in [4.78, 5) is 28.9. The molecule has 7 heteroatoms. The summed E-state index contributed by atoms with van der Waals surface area (Å²) >= 11 is 0. The maximum atomic E-state index is 11.8. The van der Waals surface area contributed by atoms with Crippen LogP contribution < -0.4 is 21.3 Å². The highest BCUT2D eigenvalue weighted by molar-refractivity contribution is 6.18. The Bertz CT molecular complexity index is 1320. The molecule has 4 N–H and O–H groups in total. The Balaban J connectivity index is 0.000000686. The average Bonchev–Trinajstić information content (AvgIpc) is 3.06. The second-order valence-corrected chi connectivity index (χ2v) is 10.7. The summed E-state index contributed by atoms with van der Waals surface area (Å²) < 4.78 is 0. The number of hydrogen-bond acceptors (Lipinski definition) is 5. The van der Waals surface area contributed by atoms with E-state index in [1.165, 1.54) is 35.9 Å². The van der Waals surface area contributed by atoms with Crippen LogP contribution in [-0.4, -0.2) is 25.2 Å². The van der Waals surface area contributed by atoms with Gasteiger partial charge in [-0.15, -0.1) is 0 Å². The number of rotatable bonds is 9. The number of nitrogens with zero attached hydrogens (tertiary/aromatic N) is 2. The largest absolute Gasteiger partial charge is 0.402 e. The molecule has 0 aliphatic rings. The van der Waals surface area contributed by atoms with Crippen molar-refractivity contribution in [3.63, 3.8) is 0 Å². The first kappa shape index (κ1) is 40.4. The third-order valence-corrected chi connectivity index (χ3v) is 6.55. The maximum absolute atomic E-state index is 11.8. The number of anilines is 3. The number of nitrogens with two attached hydrogens (primary N) is 1. The number of benzene rings is 3. The SMILES string of the molecule is C=CN=C(/C(C)=C(\C)N)N(C=O)c1cccc(NC)c1.CCC(C)C.CCCC.Cc1ccc(NC(=O)c2ccccc2)cc1. The number of allylic oxidation sites excluding steroid dienone is 1. The van der Waals surface area contributed by atoms with Crippen LogP contribution in [0, 0.1) is 12.8 Å². The Hall–Kier alpha value is -4.65. The van der Waals surface area contributed by atoms with Crippen molar-refractivity contribution in [2.24, 2.45) is 16.6 Å². The van der Waals surface area contributed by atoms with Crippen LogP contribution in [0.25, 0.3) is 0 Å². The van der Waals surface area contributed by atoms with Gasteiger partial charge in [-0.25, -0.2) is 4.99 Å². The highest BCUT2D eigenvalue weighted by Crippen LogP contribution is 2.21. The van der Waals surface area contributed by atoms with E-state index in [9.17, 15) is 9.59 Å². The highest BCUT2D eigenvalue weighted by atomic mass is 16.1. The van der Waals surface area contributed by atoms with Gasteiger partial charge in [0.2, 0.25) is 6.41 Å². The van der Waals surface area contributed by atoms with Crippen LogP contribution in [0.4, 0.5) is 17.1 Å². The lowest BCUT2D eigenvalue weighted by atomic mass is 10.2. The second kappa shape index (κ2) is 23.8. The molecule has 45 heavy (non-hydrogen) atoms. The van der Waals surface area contributed by atoms with E-state index in [4.69, 9.17) is 5.73 Å². The molecule has 0 aliphatic carbocycles. The number of amides is 2. The van der Waals surface area contributed by atoms with Crippen LogP contribution in [-0.2, 0) is 4.79 Å². The molecular weight excluding hydrogens is 558 g/mol. The molecule has 0 spiro atoms. The smallest absolute Gasteiger partial charge is 0.255 e. The number of aryl methyl sites for hydroxylation is 1. The number of hydrogen-bond donors (Lipinski definition) is 3. The molecule has 7 nitrogen and oxygen atoms in total. The van der Waals surface area contributed by atoms with Gasteiger partial charge >= 0.3 is 0 Å². The average molecular weight is 614 g/mol. The van der Waals surface area contributed by atoms with E-state index in [0.29, 0.717) is 29.2 Å². The lowest BCUT2D eigenvalue weighted by Crippen LogP contribution is -2.31. The zero-order valence-corrected chi connectivity index (χ0v) is 28.9. The Morgan fingerprint density at radius 1 is 0.933 bits per heavy atom. The van der Waals surface area contributed by atoms with E-state index in [2.05, 4.69) is 56.8 Å². The highest BCUT2D eigenvalue weighted by Gasteiger charge is 2.16. The van der Waals surface area contributed by atoms with Crippen LogP contribution in [0.2, 0.25) is 0 Å². The van der Waals surface area contributed by atoms with Crippen molar-refractivity contribution in [2.45, 2.75) is 74.7 Å². The molecule has 0 aliphatic heterocycles. The molecule has 0 unspecified atom stereocenters. The molecule has 0 heterocycles. The van der Waals surface area contributed by atoms with Gasteiger partial charge in [0.1, 0.15) is 5.84 Å². The number of carbonyl (C=O) groups excluding carboxylic acids is 2. The summed E-state index contributed by atoms with van der Waals surface area (Å²) in [7, 11) is 1.82. The van der Waals surface area contributed by atoms with Crippen molar-refractivity contribution in [1.82, 2.24) is 0 Å². The quantitative estimate of drug-likeness (QED) is 0.127. The van der Waals surface area contributed by atoms with E-state index >= 15 is 0 Å². The molecule has 3 aromatic rings. The third-order valence-electron chi connectivity index (χ3n) is 6.55. The Labute approximate surface area is 272 Å². The van der Waals surface area contributed by atoms with Crippen LogP contribution in [0.1, 0.15) is 83.7 Å². The molecule has 0 radical (unpaired) electrons. The van der Waals surface area contributed by atoms with E-state index in [1.807, 2.05) is 87.6 Å². The molecule has 3 rings (SSSR count). The van der Waals surface area contributed by atoms with Gasteiger partial charge in [-0.05, 0) is 69.2 Å². The number of aliphatic imine (C=N–C) groups is 1. The fourth-order valence-electron chi connectivity index (χ4n) is 3.08. The van der Waals surface area contributed by atoms with Gasteiger partial charge in [-0.1, -0.05) is 102 Å². The van der Waals surface area contributed by atoms with Gasteiger partial charge in [0.05, 0.1) is 5.69 Å². The van der Waals surface area contributed by atoms with Crippen LogP contribution >= 0.6 is 0 Å². The van der Waals surface area contributed by atoms with Gasteiger partial charge in [-0.3, -0.25) is 14.5 Å². The summed E-state index contributed by atoms with van der Waals surface area (Å²) in [5.74, 6) is 1.27. The topological polar surface area (TPSA) is 99.8 Å². The number of nitrogens with one attached hydrogen (secondary N) is 2. The minimum absolute atomic E-state index is 0.0792. The molecule has 0 aromatic heterocycles. The normalized spacial score (nSPS) is 10.8. The zero-order chi connectivity index (χ0) is 34.2. The summed E-state index contributed by atoms with van der Waals surface area (Å²) in [5.41, 5.74) is 11.4. The summed E-state index contributed by atoms with van der Waals surface area (Å²) in [6.45, 7) is 20.2. The minimum atomic E-state index is -0.0792. The molecule has 244 valence electrons. The first-order valence-electron chi connectivity index (χ1n) is 15.6. The number of carbonyl (C=O) groups is 2. The minimum Gasteiger partial charge on any atom is -0.402 e. The van der Waals surface area contributed by atoms with Gasteiger partial charge in [0.15, 0.2) is 0 Å². The van der Waals surface area contributed by atoms with E-state index in [-0.39, 0.29) is 5.91 Å². The first-order chi connectivity index (χ1) is 21.5. The predicted octanol–water partition coefficient (Wildman–Crippen LogP) is 9.59. The number of amidine groups is 1. The molecule has 0 saturated carbocycles. The molecule has 0 saturated heterocycles. The second-order valence-electron chi connectivity index (χ2n) is 10.7. The molecule has 0 bridgehead atoms. The first-order valence-corrected chi connectivity index (χ1v) is 15.6. The molecule has 0 atom stereocenters. The van der Waals surface area contributed by atoms with Crippen molar-refractivity contribution >= 4 is 35.2 Å². The monoisotopic (exact) mass is 613 g/mol. The van der Waals surface area contributed by atoms with Crippen molar-refractivity contribution in [3.05, 3.63) is 114 Å². The van der Waals surface area contributed by atoms with Crippen LogP contribution in [0.15, 0.2) is 108 Å². The molecule has 2 amide bonds. The summed E-state index contributed by atoms with van der Waals surface area (Å²) in [5, 5.41) is 5.88. The fourth-order valence-corrected chi connectivity index (χ4v) is 3.08. The Morgan fingerprint density at radius 2 is 1.51 bits per heavy atom. The van der Waals surface area contributed by atoms with Gasteiger partial charge in [0, 0.05) is 41.5 Å².